The number of nitrogens with one attached hydrogen (secondary N) is 1. The molecule has 3 aromatic rings. The lowest BCUT2D eigenvalue weighted by atomic mass is 10.1. The van der Waals surface area contributed by atoms with Gasteiger partial charge >= 0.3 is 0 Å². The molecule has 0 radical (unpaired) electrons. The highest BCUT2D eigenvalue weighted by molar-refractivity contribution is 5.68. The first-order valence-electron chi connectivity index (χ1n) is 5.98. The van der Waals surface area contributed by atoms with Gasteiger partial charge in [-0.25, -0.2) is 0 Å². The molecular weight excluding hydrogens is 256 g/mol. The maximum absolute atomic E-state index is 10.1. The van der Waals surface area contributed by atoms with Gasteiger partial charge in [0.2, 0.25) is 0 Å². The highest BCUT2D eigenvalue weighted by Crippen LogP contribution is 2.29. The summed E-state index contributed by atoms with van der Waals surface area (Å²) in [5.41, 5.74) is 2.00. The molecule has 7 nitrogen and oxygen atoms in total. The predicted molar refractivity (Wildman–Crippen MR) is 73.6 cm³/mol. The first-order valence-corrected chi connectivity index (χ1v) is 5.98. The van der Waals surface area contributed by atoms with Gasteiger partial charge in [-0.05, 0) is 24.3 Å². The number of aromatic hydroxyl groups is 1. The van der Waals surface area contributed by atoms with Crippen LogP contribution in [0.15, 0.2) is 43.0 Å². The summed E-state index contributed by atoms with van der Waals surface area (Å²) in [6.45, 7) is 0. The second-order valence-corrected chi connectivity index (χ2v) is 4.12. The molecule has 0 saturated heterocycles. The second kappa shape index (κ2) is 4.96. The summed E-state index contributed by atoms with van der Waals surface area (Å²) < 4.78 is 1.71. The summed E-state index contributed by atoms with van der Waals surface area (Å²) in [6.07, 6.45) is 3.13. The fourth-order valence-electron chi connectivity index (χ4n) is 1.84. The van der Waals surface area contributed by atoms with E-state index >= 15 is 0 Å². The van der Waals surface area contributed by atoms with E-state index in [1.165, 1.54) is 0 Å². The van der Waals surface area contributed by atoms with E-state index in [4.69, 9.17) is 0 Å². The Kier molecular flexibility index (Phi) is 3.00. The van der Waals surface area contributed by atoms with Crippen molar-refractivity contribution in [3.05, 3.63) is 43.0 Å². The number of hydrogen-bond acceptors (Lipinski definition) is 6. The van der Waals surface area contributed by atoms with Gasteiger partial charge in [-0.3, -0.25) is 4.57 Å². The lowest BCUT2D eigenvalue weighted by molar-refractivity contribution is 0.476. The first kappa shape index (κ1) is 12.1. The zero-order valence-corrected chi connectivity index (χ0v) is 10.7. The van der Waals surface area contributed by atoms with Crippen molar-refractivity contribution in [2.75, 3.05) is 12.4 Å². The van der Waals surface area contributed by atoms with Gasteiger partial charge in [-0.2, -0.15) is 0 Å². The Bertz CT molecular complexity index is 708. The quantitative estimate of drug-likeness (QED) is 0.747. The van der Waals surface area contributed by atoms with Crippen LogP contribution in [0.4, 0.5) is 5.82 Å². The van der Waals surface area contributed by atoms with E-state index in [9.17, 15) is 5.11 Å². The molecule has 1 aromatic carbocycles. The number of rotatable bonds is 3. The van der Waals surface area contributed by atoms with Gasteiger partial charge in [0.1, 0.15) is 24.2 Å². The maximum atomic E-state index is 10.1. The number of phenols is 1. The van der Waals surface area contributed by atoms with Gasteiger partial charge in [0.15, 0.2) is 0 Å². The molecule has 0 bridgehead atoms. The van der Waals surface area contributed by atoms with E-state index in [0.717, 1.165) is 5.69 Å². The third-order valence-electron chi connectivity index (χ3n) is 2.89. The Labute approximate surface area is 114 Å². The number of benzene rings is 1. The molecule has 3 rings (SSSR count). The van der Waals surface area contributed by atoms with Gasteiger partial charge < -0.3 is 10.4 Å². The zero-order chi connectivity index (χ0) is 13.9. The molecule has 0 fully saturated rings. The van der Waals surface area contributed by atoms with Gasteiger partial charge in [0.05, 0.1) is 11.4 Å². The SMILES string of the molecule is CNc1ccc(-c2ccc(-n3cnnc3)cc2O)nn1. The van der Waals surface area contributed by atoms with Gasteiger partial charge in [-0.15, -0.1) is 20.4 Å². The lowest BCUT2D eigenvalue weighted by Crippen LogP contribution is -1.96. The molecule has 0 spiro atoms. The third-order valence-corrected chi connectivity index (χ3v) is 2.89. The molecule has 100 valence electrons. The van der Waals surface area contributed by atoms with Crippen LogP contribution in [0.1, 0.15) is 0 Å². The van der Waals surface area contributed by atoms with Crippen LogP contribution in [-0.4, -0.2) is 37.1 Å². The van der Waals surface area contributed by atoms with E-state index in [2.05, 4.69) is 25.7 Å². The average Bonchev–Trinajstić information content (AvgIpc) is 3.01. The van der Waals surface area contributed by atoms with Crippen LogP contribution in [0, 0.1) is 0 Å². The topological polar surface area (TPSA) is 88.8 Å². The van der Waals surface area contributed by atoms with Crippen molar-refractivity contribution in [2.24, 2.45) is 0 Å². The van der Waals surface area contributed by atoms with Crippen molar-refractivity contribution < 1.29 is 5.11 Å². The molecular formula is C13H12N6O. The fourth-order valence-corrected chi connectivity index (χ4v) is 1.84. The first-order chi connectivity index (χ1) is 9.78. The summed E-state index contributed by atoms with van der Waals surface area (Å²) in [5, 5.41) is 28.5. The summed E-state index contributed by atoms with van der Waals surface area (Å²) in [4.78, 5) is 0. The minimum absolute atomic E-state index is 0.128. The van der Waals surface area contributed by atoms with Crippen LogP contribution in [0.5, 0.6) is 5.75 Å². The molecule has 2 N–H and O–H groups in total. The molecule has 0 unspecified atom stereocenters. The summed E-state index contributed by atoms with van der Waals surface area (Å²) in [5.74, 6) is 0.803. The van der Waals surface area contributed by atoms with Crippen molar-refractivity contribution >= 4 is 5.82 Å². The molecule has 2 aromatic heterocycles. The average molecular weight is 268 g/mol. The van der Waals surface area contributed by atoms with Crippen molar-refractivity contribution in [1.29, 1.82) is 0 Å². The Balaban J connectivity index is 1.98. The lowest BCUT2D eigenvalue weighted by Gasteiger charge is -2.07. The van der Waals surface area contributed by atoms with Gasteiger partial charge in [0, 0.05) is 18.7 Å². The summed E-state index contributed by atoms with van der Waals surface area (Å²) in [7, 11) is 1.77. The monoisotopic (exact) mass is 268 g/mol. The van der Waals surface area contributed by atoms with Gasteiger partial charge in [-0.1, -0.05) is 0 Å². The van der Waals surface area contributed by atoms with Crippen LogP contribution in [-0.2, 0) is 0 Å². The molecule has 20 heavy (non-hydrogen) atoms. The minimum atomic E-state index is 0.128. The van der Waals surface area contributed by atoms with Crippen LogP contribution in [0.2, 0.25) is 0 Å². The number of aromatic nitrogens is 5. The Morgan fingerprint density at radius 3 is 2.45 bits per heavy atom. The highest BCUT2D eigenvalue weighted by atomic mass is 16.3. The molecule has 7 heteroatoms. The molecule has 0 aliphatic heterocycles. The number of phenolic OH excluding ortho intramolecular Hbond substituents is 1. The highest BCUT2D eigenvalue weighted by Gasteiger charge is 2.08. The van der Waals surface area contributed by atoms with E-state index in [1.807, 2.05) is 6.07 Å². The van der Waals surface area contributed by atoms with Crippen LogP contribution in [0.25, 0.3) is 16.9 Å². The molecule has 2 heterocycles. The van der Waals surface area contributed by atoms with Crippen LogP contribution < -0.4 is 5.32 Å². The van der Waals surface area contributed by atoms with Crippen molar-refractivity contribution in [2.45, 2.75) is 0 Å². The van der Waals surface area contributed by atoms with Crippen LogP contribution in [0.3, 0.4) is 0 Å². The number of hydrogen-bond donors (Lipinski definition) is 2. The van der Waals surface area contributed by atoms with E-state index in [-0.39, 0.29) is 5.75 Å². The smallest absolute Gasteiger partial charge is 0.148 e. The second-order valence-electron chi connectivity index (χ2n) is 4.12. The van der Waals surface area contributed by atoms with Crippen molar-refractivity contribution in [1.82, 2.24) is 25.0 Å². The standard InChI is InChI=1S/C13H12N6O/c1-14-13-5-4-11(17-18-13)10-3-2-9(6-12(10)20)19-7-15-16-8-19/h2-8,20H,1H3,(H,14,18). The number of anilines is 1. The summed E-state index contributed by atoms with van der Waals surface area (Å²) >= 11 is 0. The molecule has 0 aliphatic carbocycles. The van der Waals surface area contributed by atoms with Gasteiger partial charge in [0.25, 0.3) is 0 Å². The fraction of sp³-hybridized carbons (Fsp3) is 0.0769. The minimum Gasteiger partial charge on any atom is -0.507 e. The van der Waals surface area contributed by atoms with E-state index in [0.29, 0.717) is 17.1 Å². The number of nitrogens with zero attached hydrogens (tertiary/aromatic N) is 5. The Morgan fingerprint density at radius 1 is 1.05 bits per heavy atom. The predicted octanol–water partition coefficient (Wildman–Crippen LogP) is 1.47. The van der Waals surface area contributed by atoms with Crippen LogP contribution >= 0.6 is 0 Å². The largest absolute Gasteiger partial charge is 0.507 e. The molecule has 0 saturated carbocycles. The Hall–Kier alpha value is -2.96. The van der Waals surface area contributed by atoms with Crippen molar-refractivity contribution in [3.8, 4) is 22.7 Å². The maximum Gasteiger partial charge on any atom is 0.148 e. The zero-order valence-electron chi connectivity index (χ0n) is 10.7. The summed E-state index contributed by atoms with van der Waals surface area (Å²) in [6, 6.07) is 8.87. The Morgan fingerprint density at radius 2 is 1.85 bits per heavy atom. The van der Waals surface area contributed by atoms with Crippen molar-refractivity contribution in [3.63, 3.8) is 0 Å². The molecule has 0 atom stereocenters. The normalized spacial score (nSPS) is 10.4. The van der Waals surface area contributed by atoms with E-state index in [1.54, 1.807) is 48.5 Å². The molecule has 0 amide bonds. The van der Waals surface area contributed by atoms with E-state index < -0.39 is 0 Å². The molecule has 0 aliphatic rings. The third kappa shape index (κ3) is 2.16.